The largest absolute Gasteiger partial charge is 0.497 e. The second kappa shape index (κ2) is 10.6. The highest BCUT2D eigenvalue weighted by molar-refractivity contribution is 7.19. The Morgan fingerprint density at radius 2 is 1.93 bits per heavy atom. The second-order valence-electron chi connectivity index (χ2n) is 8.89. The number of hydrogen-bond acceptors (Lipinski definition) is 11. The summed E-state index contributed by atoms with van der Waals surface area (Å²) in [5.41, 5.74) is 5.13. The number of methoxy groups -OCH3 is 1. The van der Waals surface area contributed by atoms with Crippen LogP contribution in [0.2, 0.25) is 0 Å². The third-order valence-corrected chi connectivity index (χ3v) is 7.33. The number of nitrogens with zero attached hydrogens (tertiary/aromatic N) is 6. The van der Waals surface area contributed by atoms with Gasteiger partial charge < -0.3 is 15.0 Å². The molecule has 6 rings (SSSR count). The van der Waals surface area contributed by atoms with Crippen molar-refractivity contribution in [3.8, 4) is 17.1 Å². The number of carbonyl (C=O) groups excluding carboxylic acids is 1. The van der Waals surface area contributed by atoms with Gasteiger partial charge >= 0.3 is 0 Å². The molecule has 13 heteroatoms. The van der Waals surface area contributed by atoms with Gasteiger partial charge in [-0.15, -0.1) is 11.3 Å². The molecule has 0 aliphatic rings. The fraction of sp³-hybridized carbons (Fsp3) is 0.111. The van der Waals surface area contributed by atoms with Crippen LogP contribution >= 0.6 is 11.3 Å². The van der Waals surface area contributed by atoms with Gasteiger partial charge in [0.25, 0.3) is 5.91 Å². The van der Waals surface area contributed by atoms with Crippen LogP contribution in [0.4, 0.5) is 17.5 Å². The van der Waals surface area contributed by atoms with E-state index in [1.54, 1.807) is 30.1 Å². The molecule has 0 radical (unpaired) electrons. The number of aromatic nitrogens is 6. The second-order valence-corrected chi connectivity index (χ2v) is 10.0. The van der Waals surface area contributed by atoms with Crippen molar-refractivity contribution >= 4 is 55.8 Å². The van der Waals surface area contributed by atoms with Crippen LogP contribution < -0.4 is 20.4 Å². The molecule has 0 aliphatic carbocycles. The monoisotopic (exact) mass is 553 g/mol. The molecule has 4 aromatic heterocycles. The van der Waals surface area contributed by atoms with Gasteiger partial charge in [-0.2, -0.15) is 5.10 Å². The highest BCUT2D eigenvalue weighted by Crippen LogP contribution is 2.36. The minimum Gasteiger partial charge on any atom is -0.497 e. The van der Waals surface area contributed by atoms with Crippen LogP contribution in [0.25, 0.3) is 32.5 Å². The Hall–Kier alpha value is -5.14. The highest BCUT2D eigenvalue weighted by atomic mass is 32.1. The molecule has 12 nitrogen and oxygen atoms in total. The van der Waals surface area contributed by atoms with E-state index in [9.17, 15) is 4.79 Å². The number of amides is 1. The molecule has 4 heterocycles. The maximum atomic E-state index is 11.6. The van der Waals surface area contributed by atoms with E-state index in [1.807, 2.05) is 60.5 Å². The van der Waals surface area contributed by atoms with Gasteiger partial charge in [0.1, 0.15) is 5.75 Å². The van der Waals surface area contributed by atoms with Crippen molar-refractivity contribution in [3.05, 3.63) is 77.6 Å². The molecule has 0 spiro atoms. The van der Waals surface area contributed by atoms with Gasteiger partial charge in [-0.25, -0.2) is 25.4 Å². The molecule has 1 amide bonds. The fourth-order valence-electron chi connectivity index (χ4n) is 4.27. The van der Waals surface area contributed by atoms with Crippen LogP contribution in [-0.2, 0) is 6.54 Å². The van der Waals surface area contributed by atoms with E-state index in [-0.39, 0.29) is 5.56 Å². The molecule has 0 bridgehead atoms. The maximum Gasteiger partial charge on any atom is 0.277 e. The minimum absolute atomic E-state index is 0.158. The summed E-state index contributed by atoms with van der Waals surface area (Å²) in [5.74, 6) is 1.73. The number of rotatable bonds is 8. The van der Waals surface area contributed by atoms with Crippen LogP contribution in [0.1, 0.15) is 15.2 Å². The van der Waals surface area contributed by atoms with Gasteiger partial charge in [0.05, 0.1) is 41.1 Å². The van der Waals surface area contributed by atoms with Gasteiger partial charge in [0.15, 0.2) is 11.6 Å². The number of hydrogen-bond donors (Lipinski definition) is 4. The summed E-state index contributed by atoms with van der Waals surface area (Å²) in [7, 11) is 3.49. The smallest absolute Gasteiger partial charge is 0.277 e. The first-order valence-electron chi connectivity index (χ1n) is 12.1. The Bertz CT molecular complexity index is 1840. The van der Waals surface area contributed by atoms with Crippen molar-refractivity contribution in [2.45, 2.75) is 6.54 Å². The molecule has 0 fully saturated rings. The lowest BCUT2D eigenvalue weighted by atomic mass is 10.1. The number of carbonyl (C=O) groups is 1. The molecule has 2 aromatic carbocycles. The van der Waals surface area contributed by atoms with E-state index in [4.69, 9.17) is 19.9 Å². The van der Waals surface area contributed by atoms with Crippen molar-refractivity contribution in [1.82, 2.24) is 35.6 Å². The first kappa shape index (κ1) is 25.2. The first-order valence-corrected chi connectivity index (χ1v) is 13.0. The number of anilines is 3. The normalized spacial score (nSPS) is 11.1. The number of hydroxylamine groups is 1. The molecule has 0 saturated heterocycles. The Balaban J connectivity index is 1.39. The summed E-state index contributed by atoms with van der Waals surface area (Å²) in [4.78, 5) is 32.8. The minimum atomic E-state index is -0.671. The van der Waals surface area contributed by atoms with Crippen molar-refractivity contribution in [2.24, 2.45) is 0 Å². The topological polar surface area (TPSA) is 154 Å². The van der Waals surface area contributed by atoms with Gasteiger partial charge in [-0.1, -0.05) is 18.2 Å². The summed E-state index contributed by atoms with van der Waals surface area (Å²) < 4.78 is 6.29. The molecule has 0 atom stereocenters. The van der Waals surface area contributed by atoms with E-state index >= 15 is 0 Å². The number of thiophene rings is 1. The van der Waals surface area contributed by atoms with Gasteiger partial charge in [-0.05, 0) is 24.3 Å². The van der Waals surface area contributed by atoms with Crippen LogP contribution in [-0.4, -0.2) is 55.4 Å². The molecular weight excluding hydrogens is 530 g/mol. The van der Waals surface area contributed by atoms with E-state index in [1.165, 1.54) is 12.4 Å². The maximum absolute atomic E-state index is 11.6. The number of benzene rings is 2. The van der Waals surface area contributed by atoms with Crippen LogP contribution in [0, 0.1) is 0 Å². The number of fused-ring (bicyclic) bond motifs is 2. The number of nitrogens with one attached hydrogen (secondary N) is 3. The third-order valence-electron chi connectivity index (χ3n) is 6.22. The Morgan fingerprint density at radius 1 is 1.10 bits per heavy atom. The van der Waals surface area contributed by atoms with Crippen molar-refractivity contribution in [2.75, 3.05) is 24.4 Å². The lowest BCUT2D eigenvalue weighted by molar-refractivity contribution is 0.0705. The highest BCUT2D eigenvalue weighted by Gasteiger charge is 2.17. The molecule has 4 N–H and O–H groups in total. The SMILES string of the molecule is COc1cccc(Nc2nc(-c3cccc4[nH]ncc34)nc3cc(CN(C)c4ncc(C(=O)NO)cn4)sc23)c1. The van der Waals surface area contributed by atoms with Gasteiger partial charge in [-0.3, -0.25) is 15.1 Å². The third kappa shape index (κ3) is 4.86. The van der Waals surface area contributed by atoms with Crippen LogP contribution in [0.5, 0.6) is 5.75 Å². The van der Waals surface area contributed by atoms with Crippen LogP contribution in [0.3, 0.4) is 0 Å². The Labute approximate surface area is 231 Å². The van der Waals surface area contributed by atoms with Crippen molar-refractivity contribution in [1.29, 1.82) is 0 Å². The van der Waals surface area contributed by atoms with E-state index in [2.05, 4.69) is 25.5 Å². The van der Waals surface area contributed by atoms with Gasteiger partial charge in [0.2, 0.25) is 5.95 Å². The lowest BCUT2D eigenvalue weighted by Crippen LogP contribution is -2.21. The van der Waals surface area contributed by atoms with Gasteiger partial charge in [0, 0.05) is 47.0 Å². The number of H-pyrrole nitrogens is 1. The lowest BCUT2D eigenvalue weighted by Gasteiger charge is -2.15. The summed E-state index contributed by atoms with van der Waals surface area (Å²) in [5, 5.41) is 20.4. The Kier molecular flexibility index (Phi) is 6.64. The fourth-order valence-corrected chi connectivity index (χ4v) is 5.36. The zero-order chi connectivity index (χ0) is 27.6. The predicted octanol–water partition coefficient (Wildman–Crippen LogP) is 4.53. The van der Waals surface area contributed by atoms with Crippen molar-refractivity contribution < 1.29 is 14.7 Å². The number of aromatic amines is 1. The molecule has 40 heavy (non-hydrogen) atoms. The van der Waals surface area contributed by atoms with E-state index in [0.29, 0.717) is 24.1 Å². The molecule has 0 unspecified atom stereocenters. The Morgan fingerprint density at radius 3 is 2.73 bits per heavy atom. The van der Waals surface area contributed by atoms with Crippen LogP contribution in [0.15, 0.2) is 67.1 Å². The molecule has 0 aliphatic heterocycles. The first-order chi connectivity index (χ1) is 19.5. The standard InChI is InChI=1S/C27H23N9O3S/c1-36(27-28-11-15(12-29-27)26(37)35-38)14-18-10-22-23(40-18)25(31-16-5-3-6-17(9-16)39-2)33-24(32-22)19-7-4-8-21-20(19)13-30-34-21/h3-13,38H,14H2,1-2H3,(H,30,34)(H,35,37)(H,31,32,33). The molecular formula is C27H23N9O3S. The number of ether oxygens (including phenoxy) is 1. The van der Waals surface area contributed by atoms with E-state index in [0.717, 1.165) is 43.0 Å². The predicted molar refractivity (Wildman–Crippen MR) is 152 cm³/mol. The molecule has 200 valence electrons. The quantitative estimate of drug-likeness (QED) is 0.156. The molecule has 6 aromatic rings. The molecule has 0 saturated carbocycles. The average molecular weight is 554 g/mol. The zero-order valence-corrected chi connectivity index (χ0v) is 22.2. The zero-order valence-electron chi connectivity index (χ0n) is 21.4. The average Bonchev–Trinajstić information content (AvgIpc) is 3.64. The summed E-state index contributed by atoms with van der Waals surface area (Å²) >= 11 is 1.57. The summed E-state index contributed by atoms with van der Waals surface area (Å²) in [6, 6.07) is 15.6. The van der Waals surface area contributed by atoms with Crippen molar-refractivity contribution in [3.63, 3.8) is 0 Å². The van der Waals surface area contributed by atoms with E-state index < -0.39 is 5.91 Å². The summed E-state index contributed by atoms with van der Waals surface area (Å²) in [6.45, 7) is 0.498. The summed E-state index contributed by atoms with van der Waals surface area (Å²) in [6.07, 6.45) is 4.50.